The van der Waals surface area contributed by atoms with Gasteiger partial charge in [0.05, 0.1) is 6.54 Å². The molecule has 6 nitrogen and oxygen atoms in total. The number of aryl methyl sites for hydroxylation is 2. The standard InChI is InChI=1S/C18H24N2O4/c1-3-4-5-15(18(23)24)20-17(22)12-19-16(21)11-10-14-8-6-13(2)7-9-14/h3,6-9,15H,1,4-5,10-12H2,2H3,(H,19,21)(H,20,22)(H,23,24). The van der Waals surface area contributed by atoms with Gasteiger partial charge in [0.15, 0.2) is 0 Å². The average molecular weight is 332 g/mol. The predicted octanol–water partition coefficient (Wildman–Crippen LogP) is 1.58. The lowest BCUT2D eigenvalue weighted by molar-refractivity contribution is -0.141. The number of rotatable bonds is 10. The van der Waals surface area contributed by atoms with Crippen LogP contribution >= 0.6 is 0 Å². The Morgan fingerprint density at radius 3 is 2.46 bits per heavy atom. The van der Waals surface area contributed by atoms with Crippen molar-refractivity contribution in [3.05, 3.63) is 48.0 Å². The molecule has 1 unspecified atom stereocenters. The lowest BCUT2D eigenvalue weighted by Crippen LogP contribution is -2.45. The Morgan fingerprint density at radius 1 is 1.21 bits per heavy atom. The molecule has 0 aliphatic carbocycles. The summed E-state index contributed by atoms with van der Waals surface area (Å²) in [6.45, 7) is 5.28. The van der Waals surface area contributed by atoms with E-state index in [2.05, 4.69) is 17.2 Å². The van der Waals surface area contributed by atoms with E-state index in [1.165, 1.54) is 0 Å². The zero-order valence-electron chi connectivity index (χ0n) is 13.9. The summed E-state index contributed by atoms with van der Waals surface area (Å²) in [5, 5.41) is 13.9. The number of nitrogens with one attached hydrogen (secondary N) is 2. The third kappa shape index (κ3) is 7.58. The van der Waals surface area contributed by atoms with Crippen molar-refractivity contribution in [3.8, 4) is 0 Å². The molecular weight excluding hydrogens is 308 g/mol. The number of carboxylic acid groups (broad SMARTS) is 1. The number of amides is 2. The van der Waals surface area contributed by atoms with Crippen LogP contribution < -0.4 is 10.6 Å². The summed E-state index contributed by atoms with van der Waals surface area (Å²) in [4.78, 5) is 34.5. The highest BCUT2D eigenvalue weighted by Crippen LogP contribution is 2.05. The van der Waals surface area contributed by atoms with Gasteiger partial charge in [0.2, 0.25) is 11.8 Å². The largest absolute Gasteiger partial charge is 0.480 e. The Labute approximate surface area is 141 Å². The maximum atomic E-state index is 11.8. The topological polar surface area (TPSA) is 95.5 Å². The van der Waals surface area contributed by atoms with E-state index in [4.69, 9.17) is 5.11 Å². The minimum atomic E-state index is -1.10. The molecule has 0 saturated carbocycles. The van der Waals surface area contributed by atoms with E-state index < -0.39 is 17.9 Å². The summed E-state index contributed by atoms with van der Waals surface area (Å²) in [5.41, 5.74) is 2.21. The van der Waals surface area contributed by atoms with Gasteiger partial charge in [-0.2, -0.15) is 0 Å². The van der Waals surface area contributed by atoms with Gasteiger partial charge in [-0.15, -0.1) is 6.58 Å². The molecule has 3 N–H and O–H groups in total. The summed E-state index contributed by atoms with van der Waals surface area (Å²) in [6, 6.07) is 6.92. The second-order valence-corrected chi connectivity index (χ2v) is 5.59. The highest BCUT2D eigenvalue weighted by Gasteiger charge is 2.19. The third-order valence-electron chi connectivity index (χ3n) is 3.50. The van der Waals surface area contributed by atoms with Crippen LogP contribution in [0.1, 0.15) is 30.4 Å². The zero-order valence-corrected chi connectivity index (χ0v) is 13.9. The monoisotopic (exact) mass is 332 g/mol. The first-order valence-corrected chi connectivity index (χ1v) is 7.87. The van der Waals surface area contributed by atoms with Crippen molar-refractivity contribution in [3.63, 3.8) is 0 Å². The fourth-order valence-corrected chi connectivity index (χ4v) is 2.07. The quantitative estimate of drug-likeness (QED) is 0.567. The van der Waals surface area contributed by atoms with Crippen molar-refractivity contribution < 1.29 is 19.5 Å². The third-order valence-corrected chi connectivity index (χ3v) is 3.50. The Kier molecular flexibility index (Phi) is 8.25. The van der Waals surface area contributed by atoms with Crippen LogP contribution in [0.2, 0.25) is 0 Å². The first-order chi connectivity index (χ1) is 11.4. The molecule has 6 heteroatoms. The average Bonchev–Trinajstić information content (AvgIpc) is 2.56. The lowest BCUT2D eigenvalue weighted by Gasteiger charge is -2.14. The summed E-state index contributed by atoms with van der Waals surface area (Å²) in [5.74, 6) is -1.87. The van der Waals surface area contributed by atoms with Gasteiger partial charge < -0.3 is 15.7 Å². The Balaban J connectivity index is 2.31. The highest BCUT2D eigenvalue weighted by molar-refractivity contribution is 5.87. The second-order valence-electron chi connectivity index (χ2n) is 5.59. The highest BCUT2D eigenvalue weighted by atomic mass is 16.4. The number of carbonyl (C=O) groups excluding carboxylic acids is 2. The molecule has 0 aliphatic rings. The number of benzene rings is 1. The summed E-state index contributed by atoms with van der Waals surface area (Å²) < 4.78 is 0. The molecule has 130 valence electrons. The van der Waals surface area contributed by atoms with Gasteiger partial charge in [-0.25, -0.2) is 4.79 Å². The van der Waals surface area contributed by atoms with E-state index in [9.17, 15) is 14.4 Å². The normalized spacial score (nSPS) is 11.4. The summed E-state index contributed by atoms with van der Waals surface area (Å²) in [6.07, 6.45) is 3.21. The van der Waals surface area contributed by atoms with E-state index in [1.54, 1.807) is 6.08 Å². The van der Waals surface area contributed by atoms with Gasteiger partial charge >= 0.3 is 5.97 Å². The molecule has 0 heterocycles. The van der Waals surface area contributed by atoms with Crippen LogP contribution in [0, 0.1) is 6.92 Å². The Hall–Kier alpha value is -2.63. The molecule has 24 heavy (non-hydrogen) atoms. The molecular formula is C18H24N2O4. The molecule has 1 aromatic rings. The van der Waals surface area contributed by atoms with Crippen LogP contribution in [0.5, 0.6) is 0 Å². The van der Waals surface area contributed by atoms with Crippen LogP contribution in [0.15, 0.2) is 36.9 Å². The maximum Gasteiger partial charge on any atom is 0.326 e. The first-order valence-electron chi connectivity index (χ1n) is 7.87. The number of hydrogen-bond donors (Lipinski definition) is 3. The second kappa shape index (κ2) is 10.2. The molecule has 0 spiro atoms. The first kappa shape index (κ1) is 19.4. The smallest absolute Gasteiger partial charge is 0.326 e. The Bertz CT molecular complexity index is 581. The van der Waals surface area contributed by atoms with Crippen LogP contribution in [-0.4, -0.2) is 35.5 Å². The fraction of sp³-hybridized carbons (Fsp3) is 0.389. The van der Waals surface area contributed by atoms with Gasteiger partial charge in [-0.05, 0) is 31.7 Å². The lowest BCUT2D eigenvalue weighted by atomic mass is 10.1. The van der Waals surface area contributed by atoms with Crippen LogP contribution in [0.3, 0.4) is 0 Å². The molecule has 0 aromatic heterocycles. The van der Waals surface area contributed by atoms with E-state index in [0.29, 0.717) is 12.8 Å². The van der Waals surface area contributed by atoms with Crippen LogP contribution in [-0.2, 0) is 20.8 Å². The van der Waals surface area contributed by atoms with Crippen LogP contribution in [0.25, 0.3) is 0 Å². The molecule has 2 amide bonds. The van der Waals surface area contributed by atoms with E-state index in [1.807, 2.05) is 31.2 Å². The molecule has 0 fully saturated rings. The zero-order chi connectivity index (χ0) is 17.9. The van der Waals surface area contributed by atoms with Gasteiger partial charge in [-0.3, -0.25) is 9.59 Å². The van der Waals surface area contributed by atoms with Crippen molar-refractivity contribution in [2.24, 2.45) is 0 Å². The molecule has 0 aliphatic heterocycles. The number of carbonyl (C=O) groups is 3. The minimum Gasteiger partial charge on any atom is -0.480 e. The summed E-state index contributed by atoms with van der Waals surface area (Å²) in [7, 11) is 0. The van der Waals surface area contributed by atoms with Crippen molar-refractivity contribution in [2.45, 2.75) is 38.6 Å². The number of allylic oxidation sites excluding steroid dienone is 1. The van der Waals surface area contributed by atoms with E-state index in [-0.39, 0.29) is 25.3 Å². The van der Waals surface area contributed by atoms with Crippen molar-refractivity contribution in [1.29, 1.82) is 0 Å². The van der Waals surface area contributed by atoms with Crippen molar-refractivity contribution in [1.82, 2.24) is 10.6 Å². The minimum absolute atomic E-state index is 0.232. The number of carboxylic acids is 1. The Morgan fingerprint density at radius 2 is 1.88 bits per heavy atom. The SMILES string of the molecule is C=CCCC(NC(=O)CNC(=O)CCc1ccc(C)cc1)C(=O)O. The number of aliphatic carboxylic acids is 1. The maximum absolute atomic E-state index is 11.8. The molecule has 1 aromatic carbocycles. The van der Waals surface area contributed by atoms with Gasteiger partial charge in [0.1, 0.15) is 6.04 Å². The van der Waals surface area contributed by atoms with Crippen molar-refractivity contribution >= 4 is 17.8 Å². The fourth-order valence-electron chi connectivity index (χ4n) is 2.07. The van der Waals surface area contributed by atoms with Gasteiger partial charge in [0, 0.05) is 6.42 Å². The van der Waals surface area contributed by atoms with Crippen molar-refractivity contribution in [2.75, 3.05) is 6.54 Å². The number of hydrogen-bond acceptors (Lipinski definition) is 3. The van der Waals surface area contributed by atoms with Crippen LogP contribution in [0.4, 0.5) is 0 Å². The molecule has 1 atom stereocenters. The van der Waals surface area contributed by atoms with E-state index in [0.717, 1.165) is 11.1 Å². The summed E-state index contributed by atoms with van der Waals surface area (Å²) >= 11 is 0. The molecule has 1 rings (SSSR count). The van der Waals surface area contributed by atoms with Gasteiger partial charge in [0.25, 0.3) is 0 Å². The van der Waals surface area contributed by atoms with Gasteiger partial charge in [-0.1, -0.05) is 35.9 Å². The molecule has 0 radical (unpaired) electrons. The predicted molar refractivity (Wildman–Crippen MR) is 91.5 cm³/mol. The van der Waals surface area contributed by atoms with E-state index >= 15 is 0 Å². The molecule has 0 saturated heterocycles. The molecule has 0 bridgehead atoms.